The van der Waals surface area contributed by atoms with E-state index < -0.39 is 0 Å². The fourth-order valence-corrected chi connectivity index (χ4v) is 5.15. The molecule has 0 fully saturated rings. The van der Waals surface area contributed by atoms with Crippen molar-refractivity contribution in [1.29, 1.82) is 0 Å². The molecule has 0 saturated heterocycles. The molecule has 0 aliphatic carbocycles. The summed E-state index contributed by atoms with van der Waals surface area (Å²) < 4.78 is 39.3. The molecule has 1 rings (SSSR count). The lowest BCUT2D eigenvalue weighted by Gasteiger charge is -2.09. The summed E-state index contributed by atoms with van der Waals surface area (Å²) in [6.45, 7) is 12.2. The van der Waals surface area contributed by atoms with Gasteiger partial charge in [0.2, 0.25) is 0 Å². The van der Waals surface area contributed by atoms with Crippen molar-refractivity contribution in [2.45, 2.75) is 129 Å². The van der Waals surface area contributed by atoms with Crippen molar-refractivity contribution >= 4 is 0 Å². The van der Waals surface area contributed by atoms with E-state index in [0.717, 1.165) is 25.2 Å². The first kappa shape index (κ1) is 42.8. The van der Waals surface area contributed by atoms with Crippen LogP contribution in [-0.4, -0.2) is 85.9 Å². The average Bonchev–Trinajstić information content (AvgIpc) is 3.08. The zero-order valence-electron chi connectivity index (χ0n) is 30.1. The SMILES string of the molecule is CCCCCCCCCCCCCOCCOCCOCCOCCOCCOCCOc1ccc(CCCCCCCC)cc1. The maximum Gasteiger partial charge on any atom is 0.119 e. The van der Waals surface area contributed by atoms with E-state index in [1.165, 1.54) is 108 Å². The second kappa shape index (κ2) is 36.6. The van der Waals surface area contributed by atoms with Gasteiger partial charge in [0, 0.05) is 6.61 Å². The van der Waals surface area contributed by atoms with E-state index >= 15 is 0 Å². The third-order valence-electron chi connectivity index (χ3n) is 7.99. The highest BCUT2D eigenvalue weighted by atomic mass is 16.6. The lowest BCUT2D eigenvalue weighted by atomic mass is 10.0. The number of aryl methyl sites for hydroxylation is 1. The summed E-state index contributed by atoms with van der Waals surface area (Å²) in [5.41, 5.74) is 1.39. The third kappa shape index (κ3) is 31.4. The number of ether oxygens (including phenoxy) is 7. The van der Waals surface area contributed by atoms with E-state index in [4.69, 9.17) is 33.2 Å². The smallest absolute Gasteiger partial charge is 0.119 e. The minimum absolute atomic E-state index is 0.540. The Balaban J connectivity index is 1.70. The van der Waals surface area contributed by atoms with Gasteiger partial charge in [-0.05, 0) is 37.0 Å². The molecular weight excluding hydrogens is 580 g/mol. The maximum atomic E-state index is 5.78. The zero-order valence-corrected chi connectivity index (χ0v) is 30.1. The molecule has 1 aromatic carbocycles. The van der Waals surface area contributed by atoms with Crippen molar-refractivity contribution in [1.82, 2.24) is 0 Å². The standard InChI is InChI=1S/C39H72O7/c1-3-5-7-9-11-12-13-14-15-17-19-25-40-26-27-41-28-29-42-30-31-43-32-33-44-34-35-45-36-37-46-39-23-21-38(22-24-39)20-18-16-10-8-6-4-2/h21-24H,3-20,25-37H2,1-2H3. The van der Waals surface area contributed by atoms with E-state index in [2.05, 4.69) is 38.1 Å². The molecular formula is C39H72O7. The molecule has 46 heavy (non-hydrogen) atoms. The Morgan fingerprint density at radius 1 is 0.326 bits per heavy atom. The summed E-state index contributed by atoms with van der Waals surface area (Å²) in [4.78, 5) is 0. The Bertz CT molecular complexity index is 700. The molecule has 0 heterocycles. The van der Waals surface area contributed by atoms with Gasteiger partial charge in [0.25, 0.3) is 0 Å². The molecule has 0 saturated carbocycles. The second-order valence-corrected chi connectivity index (χ2v) is 12.2. The van der Waals surface area contributed by atoms with Crippen molar-refractivity contribution in [3.05, 3.63) is 29.8 Å². The monoisotopic (exact) mass is 653 g/mol. The fourth-order valence-electron chi connectivity index (χ4n) is 5.15. The van der Waals surface area contributed by atoms with E-state index in [1.54, 1.807) is 0 Å². The minimum atomic E-state index is 0.540. The highest BCUT2D eigenvalue weighted by Gasteiger charge is 1.99. The van der Waals surface area contributed by atoms with Crippen LogP contribution in [0, 0.1) is 0 Å². The van der Waals surface area contributed by atoms with E-state index in [0.29, 0.717) is 79.3 Å². The maximum absolute atomic E-state index is 5.78. The molecule has 0 amide bonds. The van der Waals surface area contributed by atoms with Gasteiger partial charge in [-0.2, -0.15) is 0 Å². The number of benzene rings is 1. The Kier molecular flexibility index (Phi) is 34.1. The number of hydrogen-bond donors (Lipinski definition) is 0. The van der Waals surface area contributed by atoms with E-state index in [9.17, 15) is 0 Å². The first-order valence-corrected chi connectivity index (χ1v) is 19.0. The normalized spacial score (nSPS) is 11.4. The minimum Gasteiger partial charge on any atom is -0.491 e. The van der Waals surface area contributed by atoms with E-state index in [1.807, 2.05) is 0 Å². The predicted molar refractivity (Wildman–Crippen MR) is 190 cm³/mol. The highest BCUT2D eigenvalue weighted by molar-refractivity contribution is 5.27. The van der Waals surface area contributed by atoms with Crippen LogP contribution in [0.1, 0.15) is 129 Å². The second-order valence-electron chi connectivity index (χ2n) is 12.2. The first-order chi connectivity index (χ1) is 22.9. The van der Waals surface area contributed by atoms with Crippen LogP contribution >= 0.6 is 0 Å². The van der Waals surface area contributed by atoms with Crippen molar-refractivity contribution < 1.29 is 33.2 Å². The summed E-state index contributed by atoms with van der Waals surface area (Å²) in [7, 11) is 0. The van der Waals surface area contributed by atoms with Gasteiger partial charge >= 0.3 is 0 Å². The van der Waals surface area contributed by atoms with E-state index in [-0.39, 0.29) is 0 Å². The van der Waals surface area contributed by atoms with Crippen LogP contribution in [0.5, 0.6) is 5.75 Å². The van der Waals surface area contributed by atoms with Crippen LogP contribution in [0.15, 0.2) is 24.3 Å². The Hall–Kier alpha value is -1.22. The molecule has 0 aliphatic heterocycles. The Labute approximate surface area is 283 Å². The van der Waals surface area contributed by atoms with Gasteiger partial charge in [0.15, 0.2) is 0 Å². The lowest BCUT2D eigenvalue weighted by Crippen LogP contribution is -2.14. The molecule has 7 heteroatoms. The van der Waals surface area contributed by atoms with Crippen LogP contribution in [0.3, 0.4) is 0 Å². The van der Waals surface area contributed by atoms with Crippen LogP contribution < -0.4 is 4.74 Å². The van der Waals surface area contributed by atoms with Crippen LogP contribution in [0.25, 0.3) is 0 Å². The molecule has 0 aromatic heterocycles. The van der Waals surface area contributed by atoms with Crippen LogP contribution in [-0.2, 0) is 34.8 Å². The quantitative estimate of drug-likeness (QED) is 0.0660. The zero-order chi connectivity index (χ0) is 32.9. The van der Waals surface area contributed by atoms with Gasteiger partial charge in [-0.1, -0.05) is 122 Å². The van der Waals surface area contributed by atoms with Crippen molar-refractivity contribution in [3.8, 4) is 5.75 Å². The first-order valence-electron chi connectivity index (χ1n) is 19.0. The molecule has 270 valence electrons. The molecule has 0 N–H and O–H groups in total. The largest absolute Gasteiger partial charge is 0.491 e. The summed E-state index contributed by atoms with van der Waals surface area (Å²) in [5.74, 6) is 0.898. The van der Waals surface area contributed by atoms with Crippen molar-refractivity contribution in [2.24, 2.45) is 0 Å². The summed E-state index contributed by atoms with van der Waals surface area (Å²) in [6, 6.07) is 8.48. The topological polar surface area (TPSA) is 64.6 Å². The molecule has 1 aromatic rings. The number of hydrogen-bond acceptors (Lipinski definition) is 7. The summed E-state index contributed by atoms with van der Waals surface area (Å²) in [5, 5.41) is 0. The summed E-state index contributed by atoms with van der Waals surface area (Å²) >= 11 is 0. The van der Waals surface area contributed by atoms with Crippen molar-refractivity contribution in [3.63, 3.8) is 0 Å². The van der Waals surface area contributed by atoms with Gasteiger partial charge in [-0.15, -0.1) is 0 Å². The summed E-state index contributed by atoms with van der Waals surface area (Å²) in [6.07, 6.45) is 24.1. The van der Waals surface area contributed by atoms with Crippen LogP contribution in [0.4, 0.5) is 0 Å². The van der Waals surface area contributed by atoms with Crippen LogP contribution in [0.2, 0.25) is 0 Å². The fraction of sp³-hybridized carbons (Fsp3) is 0.846. The molecule has 0 aliphatic rings. The van der Waals surface area contributed by atoms with Crippen molar-refractivity contribution in [2.75, 3.05) is 85.9 Å². The molecule has 0 unspecified atom stereocenters. The Morgan fingerprint density at radius 3 is 1.07 bits per heavy atom. The van der Waals surface area contributed by atoms with Gasteiger partial charge in [0.1, 0.15) is 12.4 Å². The van der Waals surface area contributed by atoms with Gasteiger partial charge in [-0.25, -0.2) is 0 Å². The Morgan fingerprint density at radius 2 is 0.652 bits per heavy atom. The molecule has 0 spiro atoms. The molecule has 7 nitrogen and oxygen atoms in total. The van der Waals surface area contributed by atoms with Gasteiger partial charge < -0.3 is 33.2 Å². The predicted octanol–water partition coefficient (Wildman–Crippen LogP) is 9.38. The molecule has 0 radical (unpaired) electrons. The average molecular weight is 653 g/mol. The third-order valence-corrected chi connectivity index (χ3v) is 7.99. The number of rotatable bonds is 38. The van der Waals surface area contributed by atoms with Gasteiger partial charge in [-0.3, -0.25) is 0 Å². The molecule has 0 atom stereocenters. The lowest BCUT2D eigenvalue weighted by molar-refractivity contribution is -0.0179. The molecule has 0 bridgehead atoms. The van der Waals surface area contributed by atoms with Gasteiger partial charge in [0.05, 0.1) is 72.7 Å². The number of unbranched alkanes of at least 4 members (excludes halogenated alkanes) is 15. The highest BCUT2D eigenvalue weighted by Crippen LogP contribution is 2.15.